The Morgan fingerprint density at radius 2 is 1.86 bits per heavy atom. The first-order valence-corrected chi connectivity index (χ1v) is 9.92. The summed E-state index contributed by atoms with van der Waals surface area (Å²) in [5.41, 5.74) is 3.34. The highest BCUT2D eigenvalue weighted by Gasteiger charge is 2.33. The third kappa shape index (κ3) is 4.46. The molecule has 0 saturated carbocycles. The lowest BCUT2D eigenvalue weighted by Crippen LogP contribution is -2.46. The maximum Gasteiger partial charge on any atom is 0.262 e. The van der Waals surface area contributed by atoms with Crippen LogP contribution < -0.4 is 20.7 Å². The SMILES string of the molecule is O=C(COc1ccc(C2NC(=S)NC3=C2C(=O)CCC3)cc1)Nc1ccccc1. The number of thiocarbonyl (C=S) groups is 1. The van der Waals surface area contributed by atoms with Crippen LogP contribution in [0.5, 0.6) is 5.75 Å². The van der Waals surface area contributed by atoms with Crippen molar-refractivity contribution in [1.82, 2.24) is 10.6 Å². The zero-order valence-electron chi connectivity index (χ0n) is 15.7. The van der Waals surface area contributed by atoms with Gasteiger partial charge < -0.3 is 20.7 Å². The number of Topliss-reactive ketones (excluding diaryl/α,β-unsaturated/α-hetero) is 1. The van der Waals surface area contributed by atoms with Crippen molar-refractivity contribution < 1.29 is 14.3 Å². The topological polar surface area (TPSA) is 79.5 Å². The van der Waals surface area contributed by atoms with E-state index >= 15 is 0 Å². The normalized spacial score (nSPS) is 18.4. The van der Waals surface area contributed by atoms with Crippen LogP contribution in [0, 0.1) is 0 Å². The van der Waals surface area contributed by atoms with Gasteiger partial charge in [0.25, 0.3) is 5.91 Å². The number of allylic oxidation sites excluding steroid dienone is 1. The number of hydrogen-bond acceptors (Lipinski definition) is 4. The van der Waals surface area contributed by atoms with Gasteiger partial charge in [0.15, 0.2) is 17.5 Å². The summed E-state index contributed by atoms with van der Waals surface area (Å²) in [6, 6.07) is 16.3. The molecule has 1 amide bonds. The minimum atomic E-state index is -0.262. The molecular formula is C22H21N3O3S. The molecule has 1 aliphatic carbocycles. The van der Waals surface area contributed by atoms with E-state index in [0.717, 1.165) is 35.4 Å². The first kappa shape index (κ1) is 19.1. The zero-order valence-corrected chi connectivity index (χ0v) is 16.6. The number of rotatable bonds is 5. The molecule has 29 heavy (non-hydrogen) atoms. The Hall–Kier alpha value is -3.19. The number of amides is 1. The average molecular weight is 407 g/mol. The Kier molecular flexibility index (Phi) is 5.57. The number of benzene rings is 2. The molecule has 0 radical (unpaired) electrons. The third-order valence-electron chi connectivity index (χ3n) is 4.93. The Labute approximate surface area is 174 Å². The second-order valence-corrected chi connectivity index (χ2v) is 7.38. The number of anilines is 1. The Morgan fingerprint density at radius 1 is 1.10 bits per heavy atom. The maximum atomic E-state index is 12.5. The molecule has 6 nitrogen and oxygen atoms in total. The molecule has 0 aromatic heterocycles. The largest absolute Gasteiger partial charge is 0.484 e. The van der Waals surface area contributed by atoms with Crippen molar-refractivity contribution in [2.45, 2.75) is 25.3 Å². The van der Waals surface area contributed by atoms with E-state index in [1.54, 1.807) is 12.1 Å². The molecule has 7 heteroatoms. The number of ketones is 1. The minimum Gasteiger partial charge on any atom is -0.484 e. The Morgan fingerprint density at radius 3 is 2.62 bits per heavy atom. The molecule has 3 N–H and O–H groups in total. The van der Waals surface area contributed by atoms with Crippen molar-refractivity contribution in [2.24, 2.45) is 0 Å². The molecule has 2 aromatic carbocycles. The molecule has 2 aromatic rings. The summed E-state index contributed by atoms with van der Waals surface area (Å²) in [7, 11) is 0. The monoisotopic (exact) mass is 407 g/mol. The predicted octanol–water partition coefficient (Wildman–Crippen LogP) is 3.23. The lowest BCUT2D eigenvalue weighted by Gasteiger charge is -2.33. The highest BCUT2D eigenvalue weighted by atomic mass is 32.1. The number of nitrogens with one attached hydrogen (secondary N) is 3. The molecular weight excluding hydrogens is 386 g/mol. The van der Waals surface area contributed by atoms with Crippen LogP contribution in [0.25, 0.3) is 0 Å². The molecule has 148 valence electrons. The molecule has 1 atom stereocenters. The van der Waals surface area contributed by atoms with E-state index in [2.05, 4.69) is 16.0 Å². The van der Waals surface area contributed by atoms with Crippen molar-refractivity contribution in [3.8, 4) is 5.75 Å². The van der Waals surface area contributed by atoms with E-state index in [9.17, 15) is 9.59 Å². The Bertz CT molecular complexity index is 971. The van der Waals surface area contributed by atoms with Gasteiger partial charge in [0.05, 0.1) is 6.04 Å². The minimum absolute atomic E-state index is 0.0856. The number of hydrogen-bond donors (Lipinski definition) is 3. The van der Waals surface area contributed by atoms with Crippen molar-refractivity contribution in [2.75, 3.05) is 11.9 Å². The second-order valence-electron chi connectivity index (χ2n) is 6.97. The van der Waals surface area contributed by atoms with Gasteiger partial charge in [-0.15, -0.1) is 0 Å². The molecule has 0 saturated heterocycles. The van der Waals surface area contributed by atoms with E-state index in [4.69, 9.17) is 17.0 Å². The van der Waals surface area contributed by atoms with Crippen LogP contribution >= 0.6 is 12.2 Å². The summed E-state index contributed by atoms with van der Waals surface area (Å²) in [6.45, 7) is -0.0856. The van der Waals surface area contributed by atoms with Crippen LogP contribution in [0.3, 0.4) is 0 Å². The number of carbonyl (C=O) groups is 2. The van der Waals surface area contributed by atoms with E-state index in [0.29, 0.717) is 17.3 Å². The molecule has 1 heterocycles. The van der Waals surface area contributed by atoms with Crippen LogP contribution in [0.4, 0.5) is 5.69 Å². The average Bonchev–Trinajstić information content (AvgIpc) is 2.73. The van der Waals surface area contributed by atoms with Crippen LogP contribution in [0.1, 0.15) is 30.9 Å². The van der Waals surface area contributed by atoms with Gasteiger partial charge >= 0.3 is 0 Å². The fraction of sp³-hybridized carbons (Fsp3) is 0.227. The molecule has 4 rings (SSSR count). The third-order valence-corrected chi connectivity index (χ3v) is 5.15. The second kappa shape index (κ2) is 8.45. The Balaban J connectivity index is 1.42. The fourth-order valence-electron chi connectivity index (χ4n) is 3.58. The predicted molar refractivity (Wildman–Crippen MR) is 115 cm³/mol. The summed E-state index contributed by atoms with van der Waals surface area (Å²) in [5, 5.41) is 9.62. The van der Waals surface area contributed by atoms with Crippen molar-refractivity contribution in [1.29, 1.82) is 0 Å². The standard InChI is InChI=1S/C22H21N3O3S/c26-18-8-4-7-17-20(18)21(25-22(29)24-17)14-9-11-16(12-10-14)28-13-19(27)23-15-5-2-1-3-6-15/h1-3,5-6,9-12,21H,4,7-8,13H2,(H,23,27)(H2,24,25,29). The fourth-order valence-corrected chi connectivity index (χ4v) is 3.82. The van der Waals surface area contributed by atoms with E-state index in [-0.39, 0.29) is 24.3 Å². The summed E-state index contributed by atoms with van der Waals surface area (Å²) in [4.78, 5) is 24.5. The van der Waals surface area contributed by atoms with Crippen molar-refractivity contribution in [3.63, 3.8) is 0 Å². The molecule has 1 aliphatic heterocycles. The van der Waals surface area contributed by atoms with E-state index < -0.39 is 0 Å². The van der Waals surface area contributed by atoms with Crippen LogP contribution in [0.15, 0.2) is 65.9 Å². The summed E-state index contributed by atoms with van der Waals surface area (Å²) >= 11 is 5.30. The number of para-hydroxylation sites is 1. The van der Waals surface area contributed by atoms with Gasteiger partial charge in [-0.05, 0) is 54.9 Å². The number of ether oxygens (including phenoxy) is 1. The number of carbonyl (C=O) groups excluding carboxylic acids is 2. The van der Waals surface area contributed by atoms with Crippen molar-refractivity contribution >= 4 is 34.7 Å². The van der Waals surface area contributed by atoms with Gasteiger partial charge in [0, 0.05) is 23.4 Å². The van der Waals surface area contributed by atoms with Gasteiger partial charge in [-0.3, -0.25) is 9.59 Å². The van der Waals surface area contributed by atoms with E-state index in [1.807, 2.05) is 42.5 Å². The summed E-state index contributed by atoms with van der Waals surface area (Å²) in [6.07, 6.45) is 2.23. The molecule has 1 unspecified atom stereocenters. The van der Waals surface area contributed by atoms with Gasteiger partial charge in [-0.1, -0.05) is 30.3 Å². The zero-order chi connectivity index (χ0) is 20.2. The van der Waals surface area contributed by atoms with Crippen molar-refractivity contribution in [3.05, 3.63) is 71.4 Å². The first-order chi connectivity index (χ1) is 14.1. The van der Waals surface area contributed by atoms with Gasteiger partial charge in [-0.2, -0.15) is 0 Å². The van der Waals surface area contributed by atoms with Crippen LogP contribution in [-0.2, 0) is 9.59 Å². The quantitative estimate of drug-likeness (QED) is 0.661. The lowest BCUT2D eigenvalue weighted by molar-refractivity contribution is -0.118. The van der Waals surface area contributed by atoms with Crippen LogP contribution in [-0.4, -0.2) is 23.4 Å². The molecule has 0 spiro atoms. The van der Waals surface area contributed by atoms with Crippen LogP contribution in [0.2, 0.25) is 0 Å². The van der Waals surface area contributed by atoms with Gasteiger partial charge in [-0.25, -0.2) is 0 Å². The molecule has 2 aliphatic rings. The highest BCUT2D eigenvalue weighted by Crippen LogP contribution is 2.33. The maximum absolute atomic E-state index is 12.5. The smallest absolute Gasteiger partial charge is 0.262 e. The van der Waals surface area contributed by atoms with Gasteiger partial charge in [0.2, 0.25) is 0 Å². The van der Waals surface area contributed by atoms with E-state index in [1.165, 1.54) is 0 Å². The van der Waals surface area contributed by atoms with Gasteiger partial charge in [0.1, 0.15) is 5.75 Å². The lowest BCUT2D eigenvalue weighted by atomic mass is 9.85. The highest BCUT2D eigenvalue weighted by molar-refractivity contribution is 7.80. The molecule has 0 fully saturated rings. The summed E-state index contributed by atoms with van der Waals surface area (Å²) in [5.74, 6) is 0.502. The molecule has 0 bridgehead atoms. The summed E-state index contributed by atoms with van der Waals surface area (Å²) < 4.78 is 5.58. The first-order valence-electron chi connectivity index (χ1n) is 9.51.